The number of hydrogen-bond acceptors (Lipinski definition) is 4. The Bertz CT molecular complexity index is 651. The summed E-state index contributed by atoms with van der Waals surface area (Å²) in [6, 6.07) is 6.75. The second-order valence-corrected chi connectivity index (χ2v) is 6.51. The van der Waals surface area contributed by atoms with Gasteiger partial charge in [-0.1, -0.05) is 19.1 Å². The van der Waals surface area contributed by atoms with Gasteiger partial charge < -0.3 is 15.1 Å². The monoisotopic (exact) mass is 361 g/mol. The van der Waals surface area contributed by atoms with E-state index in [0.717, 1.165) is 31.0 Å². The second kappa shape index (κ2) is 9.17. The third-order valence-electron chi connectivity index (χ3n) is 4.57. The van der Waals surface area contributed by atoms with Crippen molar-refractivity contribution in [1.82, 2.24) is 15.1 Å². The summed E-state index contributed by atoms with van der Waals surface area (Å²) in [5.74, 6) is 0.921. The number of nitro benzene ring substituents is 1. The number of carbonyl (C=O) groups is 1. The number of aliphatic imine (C=N–C) groups is 1. The van der Waals surface area contributed by atoms with Gasteiger partial charge >= 0.3 is 0 Å². The van der Waals surface area contributed by atoms with Crippen LogP contribution in [0, 0.1) is 10.1 Å². The third kappa shape index (κ3) is 5.44. The summed E-state index contributed by atoms with van der Waals surface area (Å²) in [6.45, 7) is 9.11. The number of hydrogen-bond donors (Lipinski definition) is 1. The van der Waals surface area contributed by atoms with Crippen LogP contribution in [0.2, 0.25) is 0 Å². The van der Waals surface area contributed by atoms with E-state index in [1.54, 1.807) is 19.1 Å². The van der Waals surface area contributed by atoms with Crippen LogP contribution in [-0.2, 0) is 11.3 Å². The van der Waals surface area contributed by atoms with Crippen LogP contribution in [0.3, 0.4) is 0 Å². The van der Waals surface area contributed by atoms with Crippen molar-refractivity contribution in [2.24, 2.45) is 4.99 Å². The average Bonchev–Trinajstić information content (AvgIpc) is 2.65. The van der Waals surface area contributed by atoms with Crippen molar-refractivity contribution in [2.75, 3.05) is 26.2 Å². The molecule has 0 spiro atoms. The minimum absolute atomic E-state index is 0.0797. The van der Waals surface area contributed by atoms with E-state index < -0.39 is 4.92 Å². The van der Waals surface area contributed by atoms with E-state index in [1.807, 2.05) is 4.90 Å². The van der Waals surface area contributed by atoms with Crippen LogP contribution in [0.5, 0.6) is 0 Å². The summed E-state index contributed by atoms with van der Waals surface area (Å²) in [6.07, 6.45) is 0.976. The Kier molecular flexibility index (Phi) is 6.94. The van der Waals surface area contributed by atoms with Gasteiger partial charge in [0.25, 0.3) is 5.69 Å². The van der Waals surface area contributed by atoms with Gasteiger partial charge in [-0.15, -0.1) is 0 Å². The lowest BCUT2D eigenvalue weighted by atomic mass is 10.2. The minimum atomic E-state index is -0.405. The van der Waals surface area contributed by atoms with Gasteiger partial charge in [0.2, 0.25) is 5.91 Å². The first-order valence-corrected chi connectivity index (χ1v) is 8.95. The highest BCUT2D eigenvalue weighted by molar-refractivity contribution is 5.81. The number of rotatable bonds is 5. The number of amides is 1. The predicted octanol–water partition coefficient (Wildman–Crippen LogP) is 2.00. The molecule has 1 atom stereocenters. The molecule has 1 N–H and O–H groups in total. The van der Waals surface area contributed by atoms with Gasteiger partial charge in [-0.3, -0.25) is 14.9 Å². The first-order valence-electron chi connectivity index (χ1n) is 8.95. The summed E-state index contributed by atoms with van der Waals surface area (Å²) in [5, 5.41) is 14.2. The molecule has 26 heavy (non-hydrogen) atoms. The number of benzene rings is 1. The molecule has 0 saturated carbocycles. The maximum atomic E-state index is 11.5. The Morgan fingerprint density at radius 1 is 1.23 bits per heavy atom. The molecule has 8 nitrogen and oxygen atoms in total. The molecule has 0 bridgehead atoms. The summed E-state index contributed by atoms with van der Waals surface area (Å²) in [7, 11) is 0. The van der Waals surface area contributed by atoms with Crippen LogP contribution in [0.15, 0.2) is 29.3 Å². The molecule has 1 unspecified atom stereocenters. The summed E-state index contributed by atoms with van der Waals surface area (Å²) >= 11 is 0. The van der Waals surface area contributed by atoms with Gasteiger partial charge in [0, 0.05) is 51.3 Å². The fourth-order valence-corrected chi connectivity index (χ4v) is 2.68. The number of nitro groups is 1. The van der Waals surface area contributed by atoms with Crippen LogP contribution in [0.25, 0.3) is 0 Å². The van der Waals surface area contributed by atoms with Crippen molar-refractivity contribution in [1.29, 1.82) is 0 Å². The summed E-state index contributed by atoms with van der Waals surface area (Å²) < 4.78 is 0. The molecule has 1 heterocycles. The predicted molar refractivity (Wildman–Crippen MR) is 101 cm³/mol. The van der Waals surface area contributed by atoms with Crippen LogP contribution >= 0.6 is 0 Å². The van der Waals surface area contributed by atoms with Crippen LogP contribution in [0.1, 0.15) is 32.8 Å². The molecule has 0 aliphatic carbocycles. The van der Waals surface area contributed by atoms with E-state index in [2.05, 4.69) is 24.1 Å². The van der Waals surface area contributed by atoms with Crippen LogP contribution in [0.4, 0.5) is 5.69 Å². The lowest BCUT2D eigenvalue weighted by Gasteiger charge is -2.37. The number of non-ortho nitro benzene ring substituents is 1. The van der Waals surface area contributed by atoms with E-state index in [-0.39, 0.29) is 17.6 Å². The standard InChI is InChI=1S/C18H27N5O3/c1-4-14(2)20-18(22-11-9-21(10-12-22)15(3)24)19-13-16-5-7-17(8-6-16)23(25)26/h5-8,14H,4,9-13H2,1-3H3,(H,19,20). The summed E-state index contributed by atoms with van der Waals surface area (Å²) in [4.78, 5) is 30.6. The number of guanidine groups is 1. The SMILES string of the molecule is CCC(C)NC(=NCc1ccc([N+](=O)[O-])cc1)N1CCN(C(C)=O)CC1. The molecule has 1 aliphatic rings. The van der Waals surface area contributed by atoms with Crippen LogP contribution in [-0.4, -0.2) is 58.8 Å². The third-order valence-corrected chi connectivity index (χ3v) is 4.57. The largest absolute Gasteiger partial charge is 0.354 e. The quantitative estimate of drug-likeness (QED) is 0.375. The lowest BCUT2D eigenvalue weighted by molar-refractivity contribution is -0.384. The summed E-state index contributed by atoms with van der Waals surface area (Å²) in [5.41, 5.74) is 0.998. The fourth-order valence-electron chi connectivity index (χ4n) is 2.68. The molecular formula is C18H27N5O3. The van der Waals surface area contributed by atoms with E-state index in [0.29, 0.717) is 19.6 Å². The molecule has 2 rings (SSSR count). The first-order chi connectivity index (χ1) is 12.4. The fraction of sp³-hybridized carbons (Fsp3) is 0.556. The molecule has 142 valence electrons. The van der Waals surface area contributed by atoms with Gasteiger partial charge in [0.15, 0.2) is 5.96 Å². The van der Waals surface area contributed by atoms with Crippen LogP contribution < -0.4 is 5.32 Å². The zero-order valence-electron chi connectivity index (χ0n) is 15.6. The Balaban J connectivity index is 2.07. The van der Waals surface area contributed by atoms with Gasteiger partial charge in [-0.05, 0) is 18.9 Å². The van der Waals surface area contributed by atoms with Gasteiger partial charge in [0.05, 0.1) is 11.5 Å². The smallest absolute Gasteiger partial charge is 0.269 e. The van der Waals surface area contributed by atoms with E-state index in [9.17, 15) is 14.9 Å². The Morgan fingerprint density at radius 2 is 1.81 bits per heavy atom. The molecule has 8 heteroatoms. The Labute approximate surface area is 154 Å². The van der Waals surface area contributed by atoms with Crippen molar-refractivity contribution in [3.05, 3.63) is 39.9 Å². The molecule has 1 aliphatic heterocycles. The molecule has 1 aromatic rings. The van der Waals surface area contributed by atoms with Gasteiger partial charge in [-0.2, -0.15) is 0 Å². The molecular weight excluding hydrogens is 334 g/mol. The Morgan fingerprint density at radius 3 is 2.31 bits per heavy atom. The van der Waals surface area contributed by atoms with E-state index >= 15 is 0 Å². The molecule has 1 fully saturated rings. The van der Waals surface area contributed by atoms with Crippen molar-refractivity contribution in [3.63, 3.8) is 0 Å². The first kappa shape index (κ1) is 19.7. The normalized spacial score (nSPS) is 16.3. The zero-order valence-corrected chi connectivity index (χ0v) is 15.6. The highest BCUT2D eigenvalue weighted by Gasteiger charge is 2.21. The molecule has 0 aromatic heterocycles. The number of piperazine rings is 1. The number of nitrogens with zero attached hydrogens (tertiary/aromatic N) is 4. The molecule has 1 amide bonds. The Hall–Kier alpha value is -2.64. The maximum absolute atomic E-state index is 11.5. The highest BCUT2D eigenvalue weighted by Crippen LogP contribution is 2.13. The minimum Gasteiger partial charge on any atom is -0.354 e. The van der Waals surface area contributed by atoms with E-state index in [1.165, 1.54) is 12.1 Å². The number of carbonyl (C=O) groups excluding carboxylic acids is 1. The van der Waals surface area contributed by atoms with Crippen molar-refractivity contribution < 1.29 is 9.72 Å². The van der Waals surface area contributed by atoms with Gasteiger partial charge in [0.1, 0.15) is 0 Å². The van der Waals surface area contributed by atoms with Gasteiger partial charge in [-0.25, -0.2) is 4.99 Å². The highest BCUT2D eigenvalue weighted by atomic mass is 16.6. The molecule has 1 aromatic carbocycles. The maximum Gasteiger partial charge on any atom is 0.269 e. The zero-order chi connectivity index (χ0) is 19.1. The topological polar surface area (TPSA) is 91.1 Å². The number of nitrogens with one attached hydrogen (secondary N) is 1. The van der Waals surface area contributed by atoms with E-state index in [4.69, 9.17) is 4.99 Å². The van der Waals surface area contributed by atoms with Crippen molar-refractivity contribution in [3.8, 4) is 0 Å². The van der Waals surface area contributed by atoms with Crippen molar-refractivity contribution in [2.45, 2.75) is 39.8 Å². The van der Waals surface area contributed by atoms with Crippen molar-refractivity contribution >= 4 is 17.6 Å². The average molecular weight is 361 g/mol. The molecule has 1 saturated heterocycles. The molecule has 0 radical (unpaired) electrons. The second-order valence-electron chi connectivity index (χ2n) is 6.51. The lowest BCUT2D eigenvalue weighted by Crippen LogP contribution is -2.54.